The summed E-state index contributed by atoms with van der Waals surface area (Å²) in [5.74, 6) is -0.495. The highest BCUT2D eigenvalue weighted by Crippen LogP contribution is 2.28. The number of hydrazone groups is 1. The molecule has 112 valence electrons. The van der Waals surface area contributed by atoms with E-state index in [1.54, 1.807) is 18.2 Å². The van der Waals surface area contributed by atoms with Crippen LogP contribution in [0.15, 0.2) is 41.5 Å². The molecule has 2 rings (SSSR count). The maximum Gasteiger partial charge on any atom is 0.295 e. The van der Waals surface area contributed by atoms with Gasteiger partial charge < -0.3 is 0 Å². The predicted octanol–water partition coefficient (Wildman–Crippen LogP) is 2.92. The number of benzene rings is 2. The topological polar surface area (TPSA) is 115 Å². The summed E-state index contributed by atoms with van der Waals surface area (Å²) in [5, 5.41) is 32.6. The molecule has 0 radical (unpaired) electrons. The van der Waals surface area contributed by atoms with Gasteiger partial charge in [0.15, 0.2) is 0 Å². The van der Waals surface area contributed by atoms with Gasteiger partial charge in [-0.15, -0.1) is 0 Å². The highest BCUT2D eigenvalue weighted by atomic mass is 19.1. The van der Waals surface area contributed by atoms with Gasteiger partial charge in [0.2, 0.25) is 0 Å². The van der Waals surface area contributed by atoms with Crippen molar-refractivity contribution in [2.24, 2.45) is 5.10 Å². The zero-order valence-electron chi connectivity index (χ0n) is 11.5. The molecule has 0 aliphatic heterocycles. The van der Waals surface area contributed by atoms with Crippen molar-refractivity contribution in [1.82, 2.24) is 0 Å². The van der Waals surface area contributed by atoms with Crippen molar-refractivity contribution in [3.8, 4) is 12.1 Å². The zero-order valence-corrected chi connectivity index (χ0v) is 11.5. The van der Waals surface area contributed by atoms with E-state index in [1.807, 2.05) is 0 Å². The molecule has 23 heavy (non-hydrogen) atoms. The number of nitrogens with zero attached hydrogens (tertiary/aromatic N) is 4. The molecule has 0 atom stereocenters. The monoisotopic (exact) mass is 309 g/mol. The van der Waals surface area contributed by atoms with Crippen molar-refractivity contribution in [1.29, 1.82) is 10.5 Å². The highest BCUT2D eigenvalue weighted by molar-refractivity contribution is 5.81. The molecule has 0 aliphatic carbocycles. The van der Waals surface area contributed by atoms with Crippen LogP contribution < -0.4 is 5.43 Å². The molecule has 0 saturated heterocycles. The summed E-state index contributed by atoms with van der Waals surface area (Å²) in [7, 11) is 0. The summed E-state index contributed by atoms with van der Waals surface area (Å²) in [6.07, 6.45) is 1.16. The van der Waals surface area contributed by atoms with Gasteiger partial charge in [-0.25, -0.2) is 4.39 Å². The lowest BCUT2D eigenvalue weighted by molar-refractivity contribution is -0.384. The van der Waals surface area contributed by atoms with Crippen LogP contribution in [-0.4, -0.2) is 11.1 Å². The minimum Gasteiger partial charge on any atom is -0.272 e. The van der Waals surface area contributed by atoms with Crippen molar-refractivity contribution >= 4 is 17.6 Å². The van der Waals surface area contributed by atoms with Crippen molar-refractivity contribution in [3.63, 3.8) is 0 Å². The lowest BCUT2D eigenvalue weighted by Crippen LogP contribution is -2.00. The number of hydrogen-bond acceptors (Lipinski definition) is 6. The number of hydrogen-bond donors (Lipinski definition) is 1. The van der Waals surface area contributed by atoms with E-state index in [4.69, 9.17) is 10.5 Å². The molecule has 0 spiro atoms. The first kappa shape index (κ1) is 15.6. The molecule has 1 N–H and O–H groups in total. The molecule has 2 aromatic carbocycles. The first-order chi connectivity index (χ1) is 11.1. The SMILES string of the molecule is N#Cc1cc(NN=Cc2ccccc2F)c([N+](=O)[O-])cc1C#N. The van der Waals surface area contributed by atoms with E-state index >= 15 is 0 Å². The molecule has 0 aromatic heterocycles. The third-order valence-electron chi connectivity index (χ3n) is 2.87. The largest absolute Gasteiger partial charge is 0.295 e. The average Bonchev–Trinajstić information content (AvgIpc) is 2.55. The van der Waals surface area contributed by atoms with Crippen LogP contribution in [-0.2, 0) is 0 Å². The normalized spacial score (nSPS) is 10.0. The average molecular weight is 309 g/mol. The van der Waals surface area contributed by atoms with Crippen LogP contribution in [0, 0.1) is 38.6 Å². The van der Waals surface area contributed by atoms with Gasteiger partial charge in [-0.1, -0.05) is 18.2 Å². The predicted molar refractivity (Wildman–Crippen MR) is 80.1 cm³/mol. The Balaban J connectivity index is 2.36. The van der Waals surface area contributed by atoms with Gasteiger partial charge in [0.05, 0.1) is 22.3 Å². The van der Waals surface area contributed by atoms with Crippen LogP contribution in [0.1, 0.15) is 16.7 Å². The number of nitrogens with one attached hydrogen (secondary N) is 1. The lowest BCUT2D eigenvalue weighted by Gasteiger charge is -2.04. The second-order valence-corrected chi connectivity index (χ2v) is 4.29. The summed E-state index contributed by atoms with van der Waals surface area (Å²) in [6.45, 7) is 0. The number of rotatable bonds is 4. The summed E-state index contributed by atoms with van der Waals surface area (Å²) in [6, 6.07) is 11.5. The molecule has 0 saturated carbocycles. The van der Waals surface area contributed by atoms with Crippen LogP contribution in [0.2, 0.25) is 0 Å². The zero-order chi connectivity index (χ0) is 16.8. The van der Waals surface area contributed by atoms with Crippen LogP contribution >= 0.6 is 0 Å². The second kappa shape index (κ2) is 6.78. The van der Waals surface area contributed by atoms with Crippen LogP contribution in [0.25, 0.3) is 0 Å². The summed E-state index contributed by atoms with van der Waals surface area (Å²) in [4.78, 5) is 10.3. The van der Waals surface area contributed by atoms with Gasteiger partial charge in [-0.2, -0.15) is 15.6 Å². The summed E-state index contributed by atoms with van der Waals surface area (Å²) < 4.78 is 13.4. The molecule has 0 aliphatic rings. The number of nitriles is 2. The Morgan fingerprint density at radius 3 is 2.48 bits per heavy atom. The van der Waals surface area contributed by atoms with Gasteiger partial charge in [0.1, 0.15) is 23.6 Å². The molecular weight excluding hydrogens is 301 g/mol. The summed E-state index contributed by atoms with van der Waals surface area (Å²) in [5.41, 5.74) is 1.97. The molecule has 0 unspecified atom stereocenters. The molecule has 0 bridgehead atoms. The summed E-state index contributed by atoms with van der Waals surface area (Å²) >= 11 is 0. The second-order valence-electron chi connectivity index (χ2n) is 4.29. The van der Waals surface area contributed by atoms with Gasteiger partial charge in [0.25, 0.3) is 5.69 Å². The Morgan fingerprint density at radius 1 is 1.22 bits per heavy atom. The standard InChI is InChI=1S/C15H8FN5O2/c16-13-4-2-1-3-10(13)9-19-20-14-5-11(7-17)12(8-18)6-15(14)21(22)23/h1-6,9,20H. The Labute approximate surface area is 130 Å². The third kappa shape index (κ3) is 3.46. The Bertz CT molecular complexity index is 880. The fourth-order valence-electron chi connectivity index (χ4n) is 1.77. The minimum absolute atomic E-state index is 0.0262. The molecule has 0 amide bonds. The number of nitro benzene ring substituents is 1. The van der Waals surface area contributed by atoms with Gasteiger partial charge >= 0.3 is 0 Å². The molecule has 8 heteroatoms. The fraction of sp³-hybridized carbons (Fsp3) is 0. The smallest absolute Gasteiger partial charge is 0.272 e. The van der Waals surface area contributed by atoms with E-state index in [0.717, 1.165) is 18.3 Å². The maximum atomic E-state index is 13.4. The fourth-order valence-corrected chi connectivity index (χ4v) is 1.77. The quantitative estimate of drug-likeness (QED) is 0.529. The molecule has 0 heterocycles. The minimum atomic E-state index is -0.705. The van der Waals surface area contributed by atoms with Crippen molar-refractivity contribution in [3.05, 3.63) is 69.0 Å². The van der Waals surface area contributed by atoms with Gasteiger partial charge in [0, 0.05) is 11.6 Å². The van der Waals surface area contributed by atoms with E-state index < -0.39 is 16.4 Å². The molecule has 0 fully saturated rings. The van der Waals surface area contributed by atoms with E-state index in [0.29, 0.717) is 0 Å². The van der Waals surface area contributed by atoms with Crippen LogP contribution in [0.5, 0.6) is 0 Å². The van der Waals surface area contributed by atoms with Gasteiger partial charge in [-0.3, -0.25) is 15.5 Å². The highest BCUT2D eigenvalue weighted by Gasteiger charge is 2.18. The Hall–Kier alpha value is -3.78. The maximum absolute atomic E-state index is 13.4. The van der Waals surface area contributed by atoms with Crippen molar-refractivity contribution in [2.45, 2.75) is 0 Å². The number of halogens is 1. The van der Waals surface area contributed by atoms with Crippen LogP contribution in [0.4, 0.5) is 15.8 Å². The van der Waals surface area contributed by atoms with Gasteiger partial charge in [-0.05, 0) is 12.1 Å². The van der Waals surface area contributed by atoms with Crippen molar-refractivity contribution in [2.75, 3.05) is 5.43 Å². The molecular formula is C15H8FN5O2. The first-order valence-electron chi connectivity index (χ1n) is 6.23. The van der Waals surface area contributed by atoms with E-state index in [2.05, 4.69) is 10.5 Å². The Morgan fingerprint density at radius 2 is 1.87 bits per heavy atom. The van der Waals surface area contributed by atoms with E-state index in [-0.39, 0.29) is 22.4 Å². The number of nitro groups is 1. The lowest BCUT2D eigenvalue weighted by atomic mass is 10.1. The van der Waals surface area contributed by atoms with Crippen LogP contribution in [0.3, 0.4) is 0 Å². The first-order valence-corrected chi connectivity index (χ1v) is 6.23. The van der Waals surface area contributed by atoms with Crippen molar-refractivity contribution < 1.29 is 9.31 Å². The van der Waals surface area contributed by atoms with E-state index in [1.165, 1.54) is 18.2 Å². The number of anilines is 1. The molecule has 2 aromatic rings. The Kier molecular flexibility index (Phi) is 4.60. The van der Waals surface area contributed by atoms with E-state index in [9.17, 15) is 14.5 Å². The molecule has 7 nitrogen and oxygen atoms in total. The third-order valence-corrected chi connectivity index (χ3v) is 2.87.